The first-order valence-corrected chi connectivity index (χ1v) is 3.84. The van der Waals surface area contributed by atoms with Crippen molar-refractivity contribution in [2.45, 2.75) is 19.9 Å². The Kier molecular flexibility index (Phi) is 4.51. The average Bonchev–Trinajstić information content (AvgIpc) is 1.85. The summed E-state index contributed by atoms with van der Waals surface area (Å²) in [6.07, 6.45) is 0. The van der Waals surface area contributed by atoms with Crippen LogP contribution in [0.3, 0.4) is 0 Å². The number of nitrogens with zero attached hydrogens (tertiary/aromatic N) is 1. The summed E-state index contributed by atoms with van der Waals surface area (Å²) in [5.41, 5.74) is 0. The summed E-state index contributed by atoms with van der Waals surface area (Å²) in [6, 6.07) is -0.759. The number of likely N-dealkylation sites (N-methyl/N-ethyl adjacent to an activating group) is 1. The minimum atomic E-state index is -0.759. The Bertz CT molecular complexity index is 177. The summed E-state index contributed by atoms with van der Waals surface area (Å²) in [4.78, 5) is 23.6. The summed E-state index contributed by atoms with van der Waals surface area (Å²) in [5.74, 6) is -0.673. The molecule has 0 heterocycles. The lowest BCUT2D eigenvalue weighted by atomic mass is 10.2. The topological polar surface area (TPSA) is 46.6 Å². The third kappa shape index (κ3) is 3.00. The van der Waals surface area contributed by atoms with E-state index < -0.39 is 12.0 Å². The van der Waals surface area contributed by atoms with Crippen LogP contribution < -0.4 is 0 Å². The first-order valence-electron chi connectivity index (χ1n) is 3.84. The third-order valence-electron chi connectivity index (χ3n) is 1.41. The number of carbonyl (C=O) groups excluding carboxylic acids is 2. The zero-order chi connectivity index (χ0) is 9.72. The lowest BCUT2D eigenvalue weighted by molar-refractivity contribution is -0.151. The average molecular weight is 173 g/mol. The Morgan fingerprint density at radius 1 is 1.42 bits per heavy atom. The molecule has 0 radical (unpaired) electrons. The molecule has 0 amide bonds. The highest BCUT2D eigenvalue weighted by molar-refractivity contribution is 6.01. The van der Waals surface area contributed by atoms with Gasteiger partial charge in [0.1, 0.15) is 0 Å². The van der Waals surface area contributed by atoms with Crippen LogP contribution in [0.4, 0.5) is 0 Å². The quantitative estimate of drug-likeness (QED) is 0.446. The van der Waals surface area contributed by atoms with Crippen molar-refractivity contribution in [2.24, 2.45) is 0 Å². The maximum Gasteiger partial charge on any atom is 0.331 e. The Morgan fingerprint density at radius 2 is 1.92 bits per heavy atom. The smallest absolute Gasteiger partial charge is 0.331 e. The van der Waals surface area contributed by atoms with E-state index >= 15 is 0 Å². The molecule has 0 aliphatic heterocycles. The van der Waals surface area contributed by atoms with Gasteiger partial charge in [0, 0.05) is 0 Å². The van der Waals surface area contributed by atoms with Crippen molar-refractivity contribution in [3.05, 3.63) is 0 Å². The van der Waals surface area contributed by atoms with Gasteiger partial charge in [-0.2, -0.15) is 0 Å². The second-order valence-electron chi connectivity index (χ2n) is 2.73. The van der Waals surface area contributed by atoms with Gasteiger partial charge in [0.25, 0.3) is 0 Å². The van der Waals surface area contributed by atoms with E-state index in [2.05, 4.69) is 0 Å². The first-order chi connectivity index (χ1) is 5.50. The summed E-state index contributed by atoms with van der Waals surface area (Å²) in [5, 5.41) is 0. The molecule has 0 N–H and O–H groups in total. The molecule has 0 fully saturated rings. The first kappa shape index (κ1) is 11.1. The minimum Gasteiger partial charge on any atom is -0.464 e. The van der Waals surface area contributed by atoms with Crippen LogP contribution in [0.25, 0.3) is 0 Å². The van der Waals surface area contributed by atoms with Crippen molar-refractivity contribution >= 4 is 11.8 Å². The monoisotopic (exact) mass is 173 g/mol. The molecule has 1 atom stereocenters. The molecule has 4 nitrogen and oxygen atoms in total. The Hall–Kier alpha value is -0.900. The highest BCUT2D eigenvalue weighted by Crippen LogP contribution is 1.98. The van der Waals surface area contributed by atoms with Gasteiger partial charge in [-0.1, -0.05) is 0 Å². The number of ketones is 1. The Labute approximate surface area is 72.5 Å². The normalized spacial score (nSPS) is 12.8. The molecule has 0 rings (SSSR count). The summed E-state index contributed by atoms with van der Waals surface area (Å²) in [7, 11) is 3.34. The molecule has 70 valence electrons. The van der Waals surface area contributed by atoms with Gasteiger partial charge in [0.05, 0.1) is 6.61 Å². The van der Waals surface area contributed by atoms with Gasteiger partial charge in [0.15, 0.2) is 11.8 Å². The van der Waals surface area contributed by atoms with E-state index in [9.17, 15) is 9.59 Å². The number of ether oxygens (including phenoxy) is 1. The molecule has 0 saturated carbocycles. The number of hydrogen-bond acceptors (Lipinski definition) is 4. The highest BCUT2D eigenvalue weighted by Gasteiger charge is 2.26. The highest BCUT2D eigenvalue weighted by atomic mass is 16.5. The molecular formula is C8H15NO3. The van der Waals surface area contributed by atoms with Crippen LogP contribution in [0.1, 0.15) is 13.8 Å². The van der Waals surface area contributed by atoms with Crippen molar-refractivity contribution in [1.29, 1.82) is 0 Å². The van der Waals surface area contributed by atoms with Crippen LogP contribution in [0, 0.1) is 0 Å². The van der Waals surface area contributed by atoms with Crippen LogP contribution in [0.5, 0.6) is 0 Å². The van der Waals surface area contributed by atoms with Crippen LogP contribution in [-0.4, -0.2) is 43.4 Å². The van der Waals surface area contributed by atoms with Crippen LogP contribution in [0.15, 0.2) is 0 Å². The van der Waals surface area contributed by atoms with Crippen molar-refractivity contribution in [3.8, 4) is 0 Å². The SMILES string of the molecule is CCOC(=O)C(C(C)=O)N(C)C. The van der Waals surface area contributed by atoms with E-state index in [0.717, 1.165) is 0 Å². The molecule has 0 aliphatic rings. The van der Waals surface area contributed by atoms with E-state index in [1.54, 1.807) is 25.9 Å². The van der Waals surface area contributed by atoms with E-state index in [1.165, 1.54) is 6.92 Å². The summed E-state index contributed by atoms with van der Waals surface area (Å²) in [6.45, 7) is 3.39. The zero-order valence-corrected chi connectivity index (χ0v) is 7.96. The standard InChI is InChI=1S/C8H15NO3/c1-5-12-8(11)7(6(2)10)9(3)4/h7H,5H2,1-4H3. The van der Waals surface area contributed by atoms with E-state index in [-0.39, 0.29) is 5.78 Å². The van der Waals surface area contributed by atoms with Crippen molar-refractivity contribution in [3.63, 3.8) is 0 Å². The lowest BCUT2D eigenvalue weighted by Gasteiger charge is -2.19. The van der Waals surface area contributed by atoms with Crippen LogP contribution in [-0.2, 0) is 14.3 Å². The fourth-order valence-corrected chi connectivity index (χ4v) is 0.962. The van der Waals surface area contributed by atoms with Crippen molar-refractivity contribution < 1.29 is 14.3 Å². The zero-order valence-electron chi connectivity index (χ0n) is 7.96. The van der Waals surface area contributed by atoms with Gasteiger partial charge in [-0.05, 0) is 27.9 Å². The molecule has 0 aromatic heterocycles. The van der Waals surface area contributed by atoms with E-state index in [0.29, 0.717) is 6.61 Å². The molecule has 1 unspecified atom stereocenters. The fraction of sp³-hybridized carbons (Fsp3) is 0.750. The fourth-order valence-electron chi connectivity index (χ4n) is 0.962. The molecule has 0 aliphatic carbocycles. The maximum absolute atomic E-state index is 11.1. The second kappa shape index (κ2) is 4.87. The molecular weight excluding hydrogens is 158 g/mol. The summed E-state index contributed by atoms with van der Waals surface area (Å²) >= 11 is 0. The number of carbonyl (C=O) groups is 2. The van der Waals surface area contributed by atoms with Gasteiger partial charge < -0.3 is 4.74 Å². The molecule has 12 heavy (non-hydrogen) atoms. The van der Waals surface area contributed by atoms with Gasteiger partial charge in [-0.25, -0.2) is 4.79 Å². The number of Topliss-reactive ketones (excluding diaryl/α,β-unsaturated/α-hetero) is 1. The number of hydrogen-bond donors (Lipinski definition) is 0. The molecule has 0 aromatic rings. The van der Waals surface area contributed by atoms with Crippen molar-refractivity contribution in [2.75, 3.05) is 20.7 Å². The molecule has 0 spiro atoms. The van der Waals surface area contributed by atoms with Gasteiger partial charge >= 0.3 is 5.97 Å². The van der Waals surface area contributed by atoms with Gasteiger partial charge in [-0.15, -0.1) is 0 Å². The Morgan fingerprint density at radius 3 is 2.17 bits per heavy atom. The predicted molar refractivity (Wildman–Crippen MR) is 44.8 cm³/mol. The molecule has 0 aromatic carbocycles. The maximum atomic E-state index is 11.1. The minimum absolute atomic E-state index is 0.196. The summed E-state index contributed by atoms with van der Waals surface area (Å²) < 4.78 is 4.73. The number of rotatable bonds is 4. The largest absolute Gasteiger partial charge is 0.464 e. The van der Waals surface area contributed by atoms with E-state index in [1.807, 2.05) is 0 Å². The van der Waals surface area contributed by atoms with Gasteiger partial charge in [0.2, 0.25) is 0 Å². The molecule has 4 heteroatoms. The van der Waals surface area contributed by atoms with Gasteiger partial charge in [-0.3, -0.25) is 9.69 Å². The lowest BCUT2D eigenvalue weighted by Crippen LogP contribution is -2.42. The van der Waals surface area contributed by atoms with Crippen LogP contribution >= 0.6 is 0 Å². The van der Waals surface area contributed by atoms with Crippen molar-refractivity contribution in [1.82, 2.24) is 4.90 Å². The number of esters is 1. The van der Waals surface area contributed by atoms with Crippen LogP contribution in [0.2, 0.25) is 0 Å². The van der Waals surface area contributed by atoms with E-state index in [4.69, 9.17) is 4.74 Å². The molecule has 0 bridgehead atoms. The molecule has 0 saturated heterocycles. The second-order valence-corrected chi connectivity index (χ2v) is 2.73. The third-order valence-corrected chi connectivity index (χ3v) is 1.41. The predicted octanol–water partition coefficient (Wildman–Crippen LogP) is 0.0687. The Balaban J connectivity index is 4.30.